The van der Waals surface area contributed by atoms with Gasteiger partial charge in [-0.2, -0.15) is 5.26 Å². The molecule has 0 radical (unpaired) electrons. The summed E-state index contributed by atoms with van der Waals surface area (Å²) < 4.78 is 20.7. The van der Waals surface area contributed by atoms with E-state index in [1.807, 2.05) is 6.07 Å². The van der Waals surface area contributed by atoms with Gasteiger partial charge in [-0.1, -0.05) is 6.07 Å². The molecule has 1 fully saturated rings. The molecule has 0 bridgehead atoms. The van der Waals surface area contributed by atoms with E-state index < -0.39 is 5.82 Å². The van der Waals surface area contributed by atoms with Gasteiger partial charge in [-0.25, -0.2) is 9.38 Å². The van der Waals surface area contributed by atoms with Crippen LogP contribution in [0.5, 0.6) is 0 Å². The quantitative estimate of drug-likeness (QED) is 0.441. The van der Waals surface area contributed by atoms with Gasteiger partial charge in [0.15, 0.2) is 5.82 Å². The standard InChI is InChI=1S/C23H28FN7O2/c1-14(32)31-7-5-20(29-16-6-8-33-13-16)19(12-31)23(27)30-21-4-3-17(15(9-25)11-28-2)18(10-26)22(21)24/h3-4,9,11,16,29H,5-8,12-13,25H2,1-2H3,(H2,27,30). The third-order valence-electron chi connectivity index (χ3n) is 5.64. The number of carbonyl (C=O) groups is 1. The first-order valence-corrected chi connectivity index (χ1v) is 10.6. The number of aliphatic imine (C=N–C) groups is 2. The van der Waals surface area contributed by atoms with Gasteiger partial charge in [-0.3, -0.25) is 9.79 Å². The molecular formula is C23H28FN7O2. The molecule has 0 aromatic heterocycles. The Kier molecular flexibility index (Phi) is 7.79. The van der Waals surface area contributed by atoms with Crippen molar-refractivity contribution >= 4 is 29.2 Å². The molecule has 9 nitrogen and oxygen atoms in total. The number of rotatable bonds is 6. The lowest BCUT2D eigenvalue weighted by atomic mass is 10.00. The number of nitrogens with one attached hydrogen (secondary N) is 1. The van der Waals surface area contributed by atoms with E-state index >= 15 is 4.39 Å². The molecule has 1 saturated heterocycles. The maximum atomic E-state index is 15.2. The monoisotopic (exact) mass is 453 g/mol. The summed E-state index contributed by atoms with van der Waals surface area (Å²) in [6, 6.07) is 5.02. The van der Waals surface area contributed by atoms with Gasteiger partial charge in [-0.05, 0) is 12.5 Å². The van der Waals surface area contributed by atoms with Crippen LogP contribution >= 0.6 is 0 Å². The number of hydrogen-bond acceptors (Lipinski definition) is 7. The predicted octanol–water partition coefficient (Wildman–Crippen LogP) is 1.57. The van der Waals surface area contributed by atoms with Gasteiger partial charge in [0.25, 0.3) is 0 Å². The van der Waals surface area contributed by atoms with Crippen molar-refractivity contribution in [1.82, 2.24) is 10.2 Å². The zero-order valence-electron chi connectivity index (χ0n) is 18.8. The molecule has 2 heterocycles. The molecular weight excluding hydrogens is 425 g/mol. The zero-order valence-corrected chi connectivity index (χ0v) is 18.8. The second-order valence-electron chi connectivity index (χ2n) is 7.79. The van der Waals surface area contributed by atoms with E-state index in [0.717, 1.165) is 12.1 Å². The van der Waals surface area contributed by atoms with Crippen molar-refractivity contribution in [1.29, 1.82) is 5.26 Å². The van der Waals surface area contributed by atoms with E-state index in [1.165, 1.54) is 25.4 Å². The number of nitrogens with two attached hydrogens (primary N) is 2. The van der Waals surface area contributed by atoms with Crippen molar-refractivity contribution in [2.75, 3.05) is 33.4 Å². The van der Waals surface area contributed by atoms with Crippen LogP contribution in [0.25, 0.3) is 5.57 Å². The van der Waals surface area contributed by atoms with Gasteiger partial charge in [-0.15, -0.1) is 0 Å². The van der Waals surface area contributed by atoms with E-state index in [1.54, 1.807) is 18.0 Å². The van der Waals surface area contributed by atoms with Gasteiger partial charge in [0.05, 0.1) is 24.8 Å². The lowest BCUT2D eigenvalue weighted by Gasteiger charge is -2.31. The fourth-order valence-electron chi connectivity index (χ4n) is 3.86. The minimum Gasteiger partial charge on any atom is -0.404 e. The maximum Gasteiger partial charge on any atom is 0.219 e. The summed E-state index contributed by atoms with van der Waals surface area (Å²) in [5.74, 6) is -0.799. The third-order valence-corrected chi connectivity index (χ3v) is 5.64. The second kappa shape index (κ2) is 10.7. The highest BCUT2D eigenvalue weighted by molar-refractivity contribution is 6.10. The first-order chi connectivity index (χ1) is 15.9. The summed E-state index contributed by atoms with van der Waals surface area (Å²) in [5.41, 5.74) is 13.9. The van der Waals surface area contributed by atoms with Crippen LogP contribution in [0.1, 0.15) is 30.9 Å². The van der Waals surface area contributed by atoms with Gasteiger partial charge >= 0.3 is 0 Å². The molecule has 0 spiro atoms. The highest BCUT2D eigenvalue weighted by atomic mass is 19.1. The van der Waals surface area contributed by atoms with Crippen molar-refractivity contribution in [2.24, 2.45) is 21.5 Å². The zero-order chi connectivity index (χ0) is 24.0. The number of amidine groups is 1. The van der Waals surface area contributed by atoms with E-state index in [4.69, 9.17) is 16.2 Å². The number of halogens is 1. The smallest absolute Gasteiger partial charge is 0.219 e. The number of ether oxygens (including phenoxy) is 1. The van der Waals surface area contributed by atoms with E-state index in [-0.39, 0.29) is 35.6 Å². The summed E-state index contributed by atoms with van der Waals surface area (Å²) in [6.45, 7) is 3.58. The Balaban J connectivity index is 2.01. The Morgan fingerprint density at radius 3 is 2.85 bits per heavy atom. The molecule has 1 aromatic carbocycles. The Bertz CT molecular complexity index is 1080. The van der Waals surface area contributed by atoms with Crippen LogP contribution in [-0.4, -0.2) is 62.3 Å². The van der Waals surface area contributed by atoms with Crippen LogP contribution in [0.3, 0.4) is 0 Å². The first kappa shape index (κ1) is 23.9. The van der Waals surface area contributed by atoms with Crippen LogP contribution in [0, 0.1) is 17.1 Å². The number of nitriles is 1. The van der Waals surface area contributed by atoms with Crippen molar-refractivity contribution in [3.8, 4) is 6.07 Å². The molecule has 3 rings (SSSR count). The lowest BCUT2D eigenvalue weighted by Crippen LogP contribution is -2.43. The SMILES string of the molecule is CN=CC(=CN)c1ccc(N=C(N)C2=C(NC3CCOC3)CCN(C(C)=O)C2)c(F)c1C#N. The highest BCUT2D eigenvalue weighted by Crippen LogP contribution is 2.28. The molecule has 1 unspecified atom stereocenters. The van der Waals surface area contributed by atoms with Crippen molar-refractivity contribution in [3.63, 3.8) is 0 Å². The Labute approximate surface area is 192 Å². The first-order valence-electron chi connectivity index (χ1n) is 10.6. The minimum absolute atomic E-state index is 0.0754. The number of benzene rings is 1. The van der Waals surface area contributed by atoms with E-state index in [9.17, 15) is 10.1 Å². The number of allylic oxidation sites excluding steroid dienone is 1. The number of hydrogen-bond donors (Lipinski definition) is 3. The fraction of sp³-hybridized carbons (Fsp3) is 0.391. The molecule has 0 aliphatic carbocycles. The largest absolute Gasteiger partial charge is 0.404 e. The topological polar surface area (TPSA) is 142 Å². The van der Waals surface area contributed by atoms with Crippen LogP contribution in [0.4, 0.5) is 10.1 Å². The number of amides is 1. The van der Waals surface area contributed by atoms with Gasteiger partial charge in [0.1, 0.15) is 17.6 Å². The molecule has 1 atom stereocenters. The summed E-state index contributed by atoms with van der Waals surface area (Å²) in [6.07, 6.45) is 4.14. The van der Waals surface area contributed by atoms with Crippen LogP contribution in [0.2, 0.25) is 0 Å². The molecule has 2 aliphatic heterocycles. The molecule has 174 valence electrons. The average molecular weight is 454 g/mol. The van der Waals surface area contributed by atoms with Gasteiger partial charge in [0, 0.05) is 68.4 Å². The highest BCUT2D eigenvalue weighted by Gasteiger charge is 2.26. The molecule has 2 aliphatic rings. The van der Waals surface area contributed by atoms with Crippen LogP contribution < -0.4 is 16.8 Å². The molecule has 33 heavy (non-hydrogen) atoms. The summed E-state index contributed by atoms with van der Waals surface area (Å²) >= 11 is 0. The van der Waals surface area contributed by atoms with E-state index in [0.29, 0.717) is 42.9 Å². The summed E-state index contributed by atoms with van der Waals surface area (Å²) in [7, 11) is 1.55. The minimum atomic E-state index is -0.805. The average Bonchev–Trinajstić information content (AvgIpc) is 3.32. The van der Waals surface area contributed by atoms with Crippen molar-refractivity contribution in [3.05, 3.63) is 46.5 Å². The molecule has 1 aromatic rings. The summed E-state index contributed by atoms with van der Waals surface area (Å²) in [4.78, 5) is 21.8. The Morgan fingerprint density at radius 2 is 2.24 bits per heavy atom. The molecule has 0 saturated carbocycles. The third kappa shape index (κ3) is 5.38. The summed E-state index contributed by atoms with van der Waals surface area (Å²) in [5, 5.41) is 13.0. The molecule has 10 heteroatoms. The Morgan fingerprint density at radius 1 is 1.45 bits per heavy atom. The van der Waals surface area contributed by atoms with Gasteiger partial charge < -0.3 is 26.4 Å². The normalized spacial score (nSPS) is 19.8. The molecule has 5 N–H and O–H groups in total. The second-order valence-corrected chi connectivity index (χ2v) is 7.79. The lowest BCUT2D eigenvalue weighted by molar-refractivity contribution is -0.128. The predicted molar refractivity (Wildman–Crippen MR) is 125 cm³/mol. The van der Waals surface area contributed by atoms with Crippen LogP contribution in [0.15, 0.2) is 39.6 Å². The van der Waals surface area contributed by atoms with Crippen molar-refractivity contribution in [2.45, 2.75) is 25.8 Å². The number of nitrogens with zero attached hydrogens (tertiary/aromatic N) is 4. The van der Waals surface area contributed by atoms with E-state index in [2.05, 4.69) is 15.3 Å². The number of carbonyl (C=O) groups excluding carboxylic acids is 1. The van der Waals surface area contributed by atoms with Gasteiger partial charge in [0.2, 0.25) is 5.91 Å². The molecule has 1 amide bonds. The fourth-order valence-corrected chi connectivity index (χ4v) is 3.86. The van der Waals surface area contributed by atoms with Crippen molar-refractivity contribution < 1.29 is 13.9 Å². The Hall–Kier alpha value is -3.71. The maximum absolute atomic E-state index is 15.2. The van der Waals surface area contributed by atoms with Crippen LogP contribution in [-0.2, 0) is 9.53 Å².